The molecule has 144 valence electrons. The lowest BCUT2D eigenvalue weighted by molar-refractivity contribution is 0.0500. The minimum atomic E-state index is -1.08. The van der Waals surface area contributed by atoms with E-state index in [0.717, 1.165) is 18.3 Å². The van der Waals surface area contributed by atoms with Crippen molar-refractivity contribution in [1.29, 1.82) is 0 Å². The number of ether oxygens (including phenoxy) is 2. The van der Waals surface area contributed by atoms with E-state index in [1.165, 1.54) is 0 Å². The van der Waals surface area contributed by atoms with E-state index < -0.39 is 19.8 Å². The molecule has 0 saturated carbocycles. The number of alkyl carbamates (subject to hydrolysis) is 1. The minimum absolute atomic E-state index is 0.0766. The Hall–Kier alpha value is -1.34. The zero-order valence-electron chi connectivity index (χ0n) is 17.0. The fourth-order valence-corrected chi connectivity index (χ4v) is 2.99. The maximum absolute atomic E-state index is 12.0. The summed E-state index contributed by atoms with van der Waals surface area (Å²) in [5.41, 5.74) is 0.538. The van der Waals surface area contributed by atoms with Crippen LogP contribution in [0.4, 0.5) is 4.79 Å². The monoisotopic (exact) mass is 369 g/mol. The maximum Gasteiger partial charge on any atom is 0.407 e. The van der Waals surface area contributed by atoms with Crippen molar-refractivity contribution in [3.63, 3.8) is 0 Å². The van der Waals surface area contributed by atoms with E-state index in [1.807, 2.05) is 38.5 Å². The molecule has 2 atom stereocenters. The Morgan fingerprint density at radius 1 is 1.32 bits per heavy atom. The number of aromatic nitrogens is 2. The molecular formula is C18H35N3O3Si. The van der Waals surface area contributed by atoms with Crippen molar-refractivity contribution >= 4 is 14.2 Å². The number of imidazole rings is 1. The third-order valence-electron chi connectivity index (χ3n) is 3.93. The van der Waals surface area contributed by atoms with E-state index in [1.54, 1.807) is 6.33 Å². The Morgan fingerprint density at radius 2 is 1.96 bits per heavy atom. The van der Waals surface area contributed by atoms with Crippen molar-refractivity contribution in [3.8, 4) is 0 Å². The van der Waals surface area contributed by atoms with Gasteiger partial charge < -0.3 is 19.4 Å². The van der Waals surface area contributed by atoms with Crippen LogP contribution in [-0.2, 0) is 16.2 Å². The average Bonchev–Trinajstić information content (AvgIpc) is 2.87. The molecule has 1 aromatic heterocycles. The first-order chi connectivity index (χ1) is 11.4. The number of carbonyl (C=O) groups is 1. The third-order valence-corrected chi connectivity index (χ3v) is 5.64. The summed E-state index contributed by atoms with van der Waals surface area (Å²) in [5, 5.41) is 2.90. The summed E-state index contributed by atoms with van der Waals surface area (Å²) >= 11 is 0. The molecule has 1 amide bonds. The van der Waals surface area contributed by atoms with Gasteiger partial charge >= 0.3 is 6.09 Å². The fraction of sp³-hybridized carbons (Fsp3) is 0.778. The largest absolute Gasteiger partial charge is 0.444 e. The fourth-order valence-electron chi connectivity index (χ4n) is 2.23. The van der Waals surface area contributed by atoms with Crippen molar-refractivity contribution in [2.45, 2.75) is 84.6 Å². The average molecular weight is 370 g/mol. The number of amides is 1. The second kappa shape index (κ2) is 8.85. The van der Waals surface area contributed by atoms with Crippen molar-refractivity contribution in [1.82, 2.24) is 14.9 Å². The zero-order valence-corrected chi connectivity index (χ0v) is 18.0. The van der Waals surface area contributed by atoms with Crippen LogP contribution in [0.1, 0.15) is 46.2 Å². The third kappa shape index (κ3) is 8.53. The Bertz CT molecular complexity index is 546. The summed E-state index contributed by atoms with van der Waals surface area (Å²) < 4.78 is 13.1. The first-order valence-corrected chi connectivity index (χ1v) is 12.7. The van der Waals surface area contributed by atoms with E-state index in [2.05, 4.69) is 36.9 Å². The molecule has 0 aliphatic carbocycles. The van der Waals surface area contributed by atoms with Gasteiger partial charge in [0.2, 0.25) is 0 Å². The van der Waals surface area contributed by atoms with E-state index in [4.69, 9.17) is 9.47 Å². The van der Waals surface area contributed by atoms with Crippen LogP contribution in [0.3, 0.4) is 0 Å². The maximum atomic E-state index is 12.0. The number of carbonyl (C=O) groups excluding carboxylic acids is 1. The number of nitrogens with one attached hydrogen (secondary N) is 1. The molecular weight excluding hydrogens is 334 g/mol. The van der Waals surface area contributed by atoms with Crippen LogP contribution >= 0.6 is 0 Å². The molecule has 0 fully saturated rings. The van der Waals surface area contributed by atoms with Crippen molar-refractivity contribution in [2.24, 2.45) is 0 Å². The lowest BCUT2D eigenvalue weighted by atomic mass is 10.0. The van der Waals surface area contributed by atoms with Crippen LogP contribution in [0.15, 0.2) is 12.5 Å². The van der Waals surface area contributed by atoms with Gasteiger partial charge in [-0.15, -0.1) is 0 Å². The number of hydrogen-bond acceptors (Lipinski definition) is 4. The predicted octanol–water partition coefficient (Wildman–Crippen LogP) is 4.21. The van der Waals surface area contributed by atoms with Gasteiger partial charge in [0, 0.05) is 38.5 Å². The Labute approximate surface area is 153 Å². The molecule has 0 unspecified atom stereocenters. The van der Waals surface area contributed by atoms with Gasteiger partial charge in [0.05, 0.1) is 6.33 Å². The molecule has 0 radical (unpaired) electrons. The highest BCUT2D eigenvalue weighted by Gasteiger charge is 2.23. The molecule has 1 rings (SSSR count). The summed E-state index contributed by atoms with van der Waals surface area (Å²) in [4.78, 5) is 16.2. The van der Waals surface area contributed by atoms with Gasteiger partial charge in [-0.1, -0.05) is 26.6 Å². The molecule has 1 heterocycles. The van der Waals surface area contributed by atoms with Crippen LogP contribution < -0.4 is 5.32 Å². The normalized spacial score (nSPS) is 14.9. The highest BCUT2D eigenvalue weighted by molar-refractivity contribution is 6.76. The van der Waals surface area contributed by atoms with E-state index >= 15 is 0 Å². The highest BCUT2D eigenvalue weighted by atomic mass is 28.3. The molecule has 0 aliphatic rings. The Kier molecular flexibility index (Phi) is 7.68. The lowest BCUT2D eigenvalue weighted by Crippen LogP contribution is -2.40. The molecule has 0 spiro atoms. The van der Waals surface area contributed by atoms with Crippen LogP contribution in [0.5, 0.6) is 0 Å². The molecule has 25 heavy (non-hydrogen) atoms. The number of hydrogen-bond donors (Lipinski definition) is 1. The van der Waals surface area contributed by atoms with Gasteiger partial charge in [-0.3, -0.25) is 0 Å². The number of rotatable bonds is 8. The van der Waals surface area contributed by atoms with Crippen LogP contribution in [0, 0.1) is 0 Å². The van der Waals surface area contributed by atoms with Crippen molar-refractivity contribution < 1.29 is 14.3 Å². The summed E-state index contributed by atoms with van der Waals surface area (Å²) in [5.74, 6) is 0.0932. The van der Waals surface area contributed by atoms with Gasteiger partial charge in [-0.2, -0.15) is 0 Å². The molecule has 1 aromatic rings. The van der Waals surface area contributed by atoms with Gasteiger partial charge in [-0.25, -0.2) is 9.78 Å². The number of nitrogens with zero attached hydrogens (tertiary/aromatic N) is 2. The molecule has 0 bridgehead atoms. The smallest absolute Gasteiger partial charge is 0.407 e. The molecule has 0 saturated heterocycles. The minimum Gasteiger partial charge on any atom is -0.444 e. The van der Waals surface area contributed by atoms with Crippen LogP contribution in [0.25, 0.3) is 0 Å². The van der Waals surface area contributed by atoms with Crippen molar-refractivity contribution in [2.75, 3.05) is 6.61 Å². The van der Waals surface area contributed by atoms with Gasteiger partial charge in [0.15, 0.2) is 0 Å². The Morgan fingerprint density at radius 3 is 2.52 bits per heavy atom. The van der Waals surface area contributed by atoms with Gasteiger partial charge in [0.25, 0.3) is 0 Å². The zero-order chi connectivity index (χ0) is 19.3. The van der Waals surface area contributed by atoms with Crippen LogP contribution in [-0.4, -0.2) is 42.0 Å². The topological polar surface area (TPSA) is 65.4 Å². The lowest BCUT2D eigenvalue weighted by Gasteiger charge is -2.25. The molecule has 1 N–H and O–H groups in total. The quantitative estimate of drug-likeness (QED) is 0.550. The standard InChI is InChI=1S/C18H35N3O3Si/c1-14(15(2)20-17(22)24-18(3,4)5)16-11-19-12-21(16)13-23-9-10-25(6,7)8/h11-12,14-15H,9-10,13H2,1-8H3,(H,20,22)/t14-,15+/m0/s1. The van der Waals surface area contributed by atoms with E-state index in [-0.39, 0.29) is 12.0 Å². The highest BCUT2D eigenvalue weighted by Crippen LogP contribution is 2.20. The second-order valence-corrected chi connectivity index (χ2v) is 14.5. The van der Waals surface area contributed by atoms with Crippen molar-refractivity contribution in [3.05, 3.63) is 18.2 Å². The summed E-state index contributed by atoms with van der Waals surface area (Å²) in [6.45, 7) is 17.9. The van der Waals surface area contributed by atoms with Gasteiger partial charge in [-0.05, 0) is 33.7 Å². The molecule has 7 heteroatoms. The SMILES string of the molecule is C[C@H](c1cncn1COCC[Si](C)(C)C)[C@@H](C)NC(=O)OC(C)(C)C. The first kappa shape index (κ1) is 21.7. The summed E-state index contributed by atoms with van der Waals surface area (Å²) in [6.07, 6.45) is 3.21. The van der Waals surface area contributed by atoms with E-state index in [0.29, 0.717) is 6.73 Å². The Balaban J connectivity index is 2.57. The second-order valence-electron chi connectivity index (χ2n) is 8.86. The van der Waals surface area contributed by atoms with E-state index in [9.17, 15) is 4.79 Å². The van der Waals surface area contributed by atoms with Crippen LogP contribution in [0.2, 0.25) is 25.7 Å². The molecule has 0 aromatic carbocycles. The summed E-state index contributed by atoms with van der Waals surface area (Å²) in [6, 6.07) is 1.07. The molecule has 0 aliphatic heterocycles. The molecule has 6 nitrogen and oxygen atoms in total. The van der Waals surface area contributed by atoms with Gasteiger partial charge in [0.1, 0.15) is 12.3 Å². The summed E-state index contributed by atoms with van der Waals surface area (Å²) in [7, 11) is -1.08. The predicted molar refractivity (Wildman–Crippen MR) is 104 cm³/mol. The first-order valence-electron chi connectivity index (χ1n) is 8.96.